The summed E-state index contributed by atoms with van der Waals surface area (Å²) in [5.74, 6) is 0.164. The van der Waals surface area contributed by atoms with E-state index >= 15 is 0 Å². The van der Waals surface area contributed by atoms with Gasteiger partial charge in [0.05, 0.1) is 4.32 Å². The summed E-state index contributed by atoms with van der Waals surface area (Å²) in [4.78, 5) is 12.0. The first-order valence-corrected chi connectivity index (χ1v) is 6.13. The standard InChI is InChI=1S/C13H15BrO/c1-13(2,14)12(15)11-7-6-9-4-3-5-10(9)8-11/h6-8H,3-5H2,1-2H3. The molecule has 1 aliphatic carbocycles. The summed E-state index contributed by atoms with van der Waals surface area (Å²) in [6.45, 7) is 3.78. The fourth-order valence-corrected chi connectivity index (χ4v) is 2.29. The lowest BCUT2D eigenvalue weighted by Gasteiger charge is -2.15. The maximum absolute atomic E-state index is 12.0. The lowest BCUT2D eigenvalue weighted by atomic mass is 9.97. The zero-order chi connectivity index (χ0) is 11.1. The molecule has 0 radical (unpaired) electrons. The number of aryl methyl sites for hydroxylation is 2. The monoisotopic (exact) mass is 266 g/mol. The normalized spacial score (nSPS) is 15.1. The zero-order valence-electron chi connectivity index (χ0n) is 9.14. The maximum Gasteiger partial charge on any atom is 0.178 e. The van der Waals surface area contributed by atoms with Gasteiger partial charge < -0.3 is 0 Å². The van der Waals surface area contributed by atoms with Gasteiger partial charge in [0.2, 0.25) is 0 Å². The lowest BCUT2D eigenvalue weighted by molar-refractivity contribution is 0.0961. The summed E-state index contributed by atoms with van der Waals surface area (Å²) in [5.41, 5.74) is 3.61. The lowest BCUT2D eigenvalue weighted by Crippen LogP contribution is -2.24. The van der Waals surface area contributed by atoms with Crippen molar-refractivity contribution in [2.45, 2.75) is 37.4 Å². The third-order valence-electron chi connectivity index (χ3n) is 2.90. The van der Waals surface area contributed by atoms with Crippen molar-refractivity contribution in [2.24, 2.45) is 0 Å². The number of rotatable bonds is 2. The van der Waals surface area contributed by atoms with Gasteiger partial charge in [-0.2, -0.15) is 0 Å². The molecule has 0 spiro atoms. The van der Waals surface area contributed by atoms with Gasteiger partial charge in [-0.05, 0) is 50.3 Å². The van der Waals surface area contributed by atoms with Gasteiger partial charge in [-0.25, -0.2) is 0 Å². The summed E-state index contributed by atoms with van der Waals surface area (Å²) < 4.78 is -0.458. The van der Waals surface area contributed by atoms with E-state index in [0.717, 1.165) is 12.0 Å². The Morgan fingerprint density at radius 2 is 1.93 bits per heavy atom. The van der Waals surface area contributed by atoms with E-state index in [4.69, 9.17) is 0 Å². The van der Waals surface area contributed by atoms with Gasteiger partial charge in [0.15, 0.2) is 5.78 Å². The molecule has 2 rings (SSSR count). The Labute approximate surface area is 99.0 Å². The first-order valence-electron chi connectivity index (χ1n) is 5.34. The molecule has 0 aromatic heterocycles. The second-order valence-corrected chi connectivity index (χ2v) is 6.62. The minimum atomic E-state index is -0.458. The molecule has 2 heteroatoms. The maximum atomic E-state index is 12.0. The Morgan fingerprint density at radius 1 is 1.27 bits per heavy atom. The smallest absolute Gasteiger partial charge is 0.178 e. The number of benzene rings is 1. The molecular formula is C13H15BrO. The average molecular weight is 267 g/mol. The predicted octanol–water partition coefficient (Wildman–Crippen LogP) is 3.53. The van der Waals surface area contributed by atoms with Crippen molar-refractivity contribution in [3.05, 3.63) is 34.9 Å². The molecule has 0 unspecified atom stereocenters. The molecule has 0 atom stereocenters. The molecular weight excluding hydrogens is 252 g/mol. The molecule has 0 heterocycles. The molecule has 15 heavy (non-hydrogen) atoms. The Balaban J connectivity index is 2.35. The molecule has 0 saturated carbocycles. The first-order chi connectivity index (χ1) is 6.98. The van der Waals surface area contributed by atoms with Crippen LogP contribution in [0.2, 0.25) is 0 Å². The number of Topliss-reactive ketones (excluding diaryl/α,β-unsaturated/α-hetero) is 1. The zero-order valence-corrected chi connectivity index (χ0v) is 10.7. The first kappa shape index (κ1) is 10.9. The highest BCUT2D eigenvalue weighted by molar-refractivity contribution is 9.10. The highest BCUT2D eigenvalue weighted by Crippen LogP contribution is 2.27. The van der Waals surface area contributed by atoms with Crippen LogP contribution >= 0.6 is 15.9 Å². The average Bonchev–Trinajstić information content (AvgIpc) is 2.61. The van der Waals surface area contributed by atoms with Gasteiger partial charge in [0.1, 0.15) is 0 Å². The topological polar surface area (TPSA) is 17.1 Å². The molecule has 0 aliphatic heterocycles. The van der Waals surface area contributed by atoms with Crippen molar-refractivity contribution in [1.82, 2.24) is 0 Å². The van der Waals surface area contributed by atoms with E-state index in [1.807, 2.05) is 19.9 Å². The fourth-order valence-electron chi connectivity index (χ4n) is 2.06. The minimum absolute atomic E-state index is 0.164. The summed E-state index contributed by atoms with van der Waals surface area (Å²) in [6.07, 6.45) is 3.52. The number of ketones is 1. The highest BCUT2D eigenvalue weighted by atomic mass is 79.9. The number of hydrogen-bond donors (Lipinski definition) is 0. The molecule has 1 aliphatic rings. The van der Waals surface area contributed by atoms with Crippen LogP contribution in [-0.4, -0.2) is 10.1 Å². The van der Waals surface area contributed by atoms with Gasteiger partial charge in [-0.3, -0.25) is 4.79 Å². The Kier molecular flexibility index (Phi) is 2.72. The van der Waals surface area contributed by atoms with Gasteiger partial charge in [0.25, 0.3) is 0 Å². The van der Waals surface area contributed by atoms with Crippen LogP contribution in [0.25, 0.3) is 0 Å². The van der Waals surface area contributed by atoms with E-state index in [9.17, 15) is 4.79 Å². The number of fused-ring (bicyclic) bond motifs is 1. The summed E-state index contributed by atoms with van der Waals surface area (Å²) in [7, 11) is 0. The molecule has 0 fully saturated rings. The summed E-state index contributed by atoms with van der Waals surface area (Å²) >= 11 is 3.41. The van der Waals surface area contributed by atoms with Crippen molar-refractivity contribution in [3.8, 4) is 0 Å². The molecule has 0 N–H and O–H groups in total. The van der Waals surface area contributed by atoms with Crippen LogP contribution in [-0.2, 0) is 12.8 Å². The molecule has 1 aromatic rings. The molecule has 1 nitrogen and oxygen atoms in total. The summed E-state index contributed by atoms with van der Waals surface area (Å²) in [5, 5.41) is 0. The number of carbonyl (C=O) groups is 1. The molecule has 0 saturated heterocycles. The van der Waals surface area contributed by atoms with Crippen molar-refractivity contribution in [1.29, 1.82) is 0 Å². The third kappa shape index (κ3) is 2.15. The molecule has 0 bridgehead atoms. The van der Waals surface area contributed by atoms with Crippen molar-refractivity contribution < 1.29 is 4.79 Å². The minimum Gasteiger partial charge on any atom is -0.293 e. The Morgan fingerprint density at radius 3 is 2.60 bits per heavy atom. The van der Waals surface area contributed by atoms with Crippen molar-refractivity contribution in [2.75, 3.05) is 0 Å². The molecule has 0 amide bonds. The van der Waals surface area contributed by atoms with Crippen LogP contribution in [0.15, 0.2) is 18.2 Å². The van der Waals surface area contributed by atoms with Crippen LogP contribution in [0.3, 0.4) is 0 Å². The second kappa shape index (κ2) is 3.75. The van der Waals surface area contributed by atoms with Crippen LogP contribution in [0.1, 0.15) is 41.8 Å². The Hall–Kier alpha value is -0.630. The molecule has 1 aromatic carbocycles. The number of halogens is 1. The van der Waals surface area contributed by atoms with Gasteiger partial charge in [-0.1, -0.05) is 28.1 Å². The van der Waals surface area contributed by atoms with Gasteiger partial charge in [0, 0.05) is 5.56 Å². The quantitative estimate of drug-likeness (QED) is 0.591. The largest absolute Gasteiger partial charge is 0.293 e. The van der Waals surface area contributed by atoms with Crippen LogP contribution < -0.4 is 0 Å². The van der Waals surface area contributed by atoms with E-state index in [2.05, 4.69) is 28.1 Å². The van der Waals surface area contributed by atoms with Gasteiger partial charge >= 0.3 is 0 Å². The number of alkyl halides is 1. The van der Waals surface area contributed by atoms with Crippen LogP contribution in [0, 0.1) is 0 Å². The van der Waals surface area contributed by atoms with E-state index in [-0.39, 0.29) is 5.78 Å². The van der Waals surface area contributed by atoms with E-state index in [1.165, 1.54) is 24.0 Å². The van der Waals surface area contributed by atoms with Crippen molar-refractivity contribution >= 4 is 21.7 Å². The fraction of sp³-hybridized carbons (Fsp3) is 0.462. The van der Waals surface area contributed by atoms with Gasteiger partial charge in [-0.15, -0.1) is 0 Å². The Bertz CT molecular complexity index is 401. The SMILES string of the molecule is CC(C)(Br)C(=O)c1ccc2c(c1)CCC2. The van der Waals surface area contributed by atoms with E-state index in [0.29, 0.717) is 0 Å². The second-order valence-electron chi connectivity index (χ2n) is 4.64. The van der Waals surface area contributed by atoms with Crippen molar-refractivity contribution in [3.63, 3.8) is 0 Å². The number of carbonyl (C=O) groups excluding carboxylic acids is 1. The van der Waals surface area contributed by atoms with E-state index in [1.54, 1.807) is 0 Å². The van der Waals surface area contributed by atoms with E-state index < -0.39 is 4.32 Å². The predicted molar refractivity (Wildman–Crippen MR) is 65.8 cm³/mol. The number of hydrogen-bond acceptors (Lipinski definition) is 1. The van der Waals surface area contributed by atoms with Crippen LogP contribution in [0.4, 0.5) is 0 Å². The highest BCUT2D eigenvalue weighted by Gasteiger charge is 2.25. The summed E-state index contributed by atoms with van der Waals surface area (Å²) in [6, 6.07) is 6.12. The molecule has 80 valence electrons. The van der Waals surface area contributed by atoms with Crippen LogP contribution in [0.5, 0.6) is 0 Å². The third-order valence-corrected chi connectivity index (χ3v) is 3.26.